The fourth-order valence-corrected chi connectivity index (χ4v) is 3.55. The first-order chi connectivity index (χ1) is 8.93. The van der Waals surface area contributed by atoms with Gasteiger partial charge in [0.05, 0.1) is 12.3 Å². The Balaban J connectivity index is 2.35. The molecule has 1 aromatic heterocycles. The van der Waals surface area contributed by atoms with Crippen molar-refractivity contribution < 1.29 is 23.1 Å². The van der Waals surface area contributed by atoms with Crippen LogP contribution in [-0.4, -0.2) is 59.8 Å². The third-order valence-electron chi connectivity index (χ3n) is 2.85. The highest BCUT2D eigenvalue weighted by molar-refractivity contribution is 7.89. The molecule has 0 bridgehead atoms. The maximum atomic E-state index is 12.4. The van der Waals surface area contributed by atoms with Crippen molar-refractivity contribution in [3.05, 3.63) is 11.8 Å². The van der Waals surface area contributed by atoms with E-state index in [2.05, 4.69) is 10.2 Å². The molecule has 106 valence electrons. The summed E-state index contributed by atoms with van der Waals surface area (Å²) in [4.78, 5) is 11.0. The largest absolute Gasteiger partial charge is 0.478 e. The summed E-state index contributed by atoms with van der Waals surface area (Å²) >= 11 is 0. The first-order valence-corrected chi connectivity index (χ1v) is 7.25. The van der Waals surface area contributed by atoms with Crippen LogP contribution in [0.5, 0.6) is 0 Å². The zero-order valence-electron chi connectivity index (χ0n) is 10.4. The van der Waals surface area contributed by atoms with Crippen LogP contribution in [0.3, 0.4) is 0 Å². The van der Waals surface area contributed by atoms with Crippen LogP contribution < -0.4 is 0 Å². The highest BCUT2D eigenvalue weighted by atomic mass is 32.2. The molecule has 1 fully saturated rings. The number of carboxylic acids is 1. The van der Waals surface area contributed by atoms with E-state index in [9.17, 15) is 13.2 Å². The van der Waals surface area contributed by atoms with E-state index >= 15 is 0 Å². The van der Waals surface area contributed by atoms with Gasteiger partial charge in [0.2, 0.25) is 0 Å². The van der Waals surface area contributed by atoms with Gasteiger partial charge < -0.3 is 9.84 Å². The third kappa shape index (κ3) is 2.77. The first-order valence-electron chi connectivity index (χ1n) is 5.81. The summed E-state index contributed by atoms with van der Waals surface area (Å²) in [6, 6.07) is 0. The van der Waals surface area contributed by atoms with Gasteiger partial charge in [-0.3, -0.25) is 5.10 Å². The Hall–Kier alpha value is -1.45. The van der Waals surface area contributed by atoms with E-state index < -0.39 is 16.0 Å². The second kappa shape index (κ2) is 5.27. The minimum atomic E-state index is -3.90. The molecule has 19 heavy (non-hydrogen) atoms. The molecule has 0 radical (unpaired) electrons. The number of sulfonamides is 1. The first kappa shape index (κ1) is 14.0. The molecule has 2 rings (SSSR count). The van der Waals surface area contributed by atoms with Crippen molar-refractivity contribution in [2.45, 2.75) is 24.5 Å². The molecule has 8 nitrogen and oxygen atoms in total. The number of nitrogens with zero attached hydrogens (tertiary/aromatic N) is 2. The lowest BCUT2D eigenvalue weighted by atomic mass is 10.4. The van der Waals surface area contributed by atoms with Crippen LogP contribution in [0.1, 0.15) is 23.7 Å². The molecule has 2 N–H and O–H groups in total. The summed E-state index contributed by atoms with van der Waals surface area (Å²) in [6.07, 6.45) is 1.33. The molecule has 2 heterocycles. The standard InChI is InChI=1S/C10H15N3O5S/c1-7-6-13(3-2-4-18-7)19(16,17)9-8(10(14)15)5-11-12-9/h5,7H,2-4,6H2,1H3,(H,11,12)(H,14,15). The predicted octanol–water partition coefficient (Wildman–Crippen LogP) is -0.0926. The summed E-state index contributed by atoms with van der Waals surface area (Å²) in [5, 5.41) is 14.3. The van der Waals surface area contributed by atoms with E-state index in [0.29, 0.717) is 19.6 Å². The van der Waals surface area contributed by atoms with Crippen molar-refractivity contribution in [2.75, 3.05) is 19.7 Å². The van der Waals surface area contributed by atoms with Crippen molar-refractivity contribution in [1.29, 1.82) is 0 Å². The molecule has 1 aliphatic rings. The summed E-state index contributed by atoms with van der Waals surface area (Å²) in [5.74, 6) is -1.33. The lowest BCUT2D eigenvalue weighted by Crippen LogP contribution is -2.36. The maximum Gasteiger partial charge on any atom is 0.340 e. The molecule has 0 aliphatic carbocycles. The Bertz CT molecular complexity index is 567. The topological polar surface area (TPSA) is 113 Å². The SMILES string of the molecule is CC1CN(S(=O)(=O)c2[nH]ncc2C(=O)O)CCCO1. The fourth-order valence-electron chi connectivity index (χ4n) is 1.93. The Kier molecular flexibility index (Phi) is 3.88. The zero-order valence-corrected chi connectivity index (χ0v) is 11.2. The molecule has 0 spiro atoms. The quantitative estimate of drug-likeness (QED) is 0.804. The number of ether oxygens (including phenoxy) is 1. The van der Waals surface area contributed by atoms with Crippen LogP contribution in [0.25, 0.3) is 0 Å². The Morgan fingerprint density at radius 3 is 3.05 bits per heavy atom. The minimum Gasteiger partial charge on any atom is -0.478 e. The van der Waals surface area contributed by atoms with Gasteiger partial charge in [0, 0.05) is 19.7 Å². The van der Waals surface area contributed by atoms with E-state index in [4.69, 9.17) is 9.84 Å². The Labute approximate surface area is 110 Å². The van der Waals surface area contributed by atoms with Gasteiger partial charge in [-0.05, 0) is 13.3 Å². The smallest absolute Gasteiger partial charge is 0.340 e. The van der Waals surface area contributed by atoms with Gasteiger partial charge in [0.25, 0.3) is 10.0 Å². The third-order valence-corrected chi connectivity index (χ3v) is 4.69. The number of hydrogen-bond donors (Lipinski definition) is 2. The summed E-state index contributed by atoms with van der Waals surface area (Å²) in [7, 11) is -3.90. The van der Waals surface area contributed by atoms with Gasteiger partial charge in [-0.25, -0.2) is 13.2 Å². The molecule has 1 unspecified atom stereocenters. The molecule has 1 atom stereocenters. The lowest BCUT2D eigenvalue weighted by Gasteiger charge is -2.20. The minimum absolute atomic E-state index is 0.195. The summed E-state index contributed by atoms with van der Waals surface area (Å²) in [5.41, 5.74) is -0.349. The van der Waals surface area contributed by atoms with Crippen molar-refractivity contribution in [2.24, 2.45) is 0 Å². The number of hydrogen-bond acceptors (Lipinski definition) is 5. The van der Waals surface area contributed by atoms with Crippen LogP contribution in [-0.2, 0) is 14.8 Å². The molecule has 1 aliphatic heterocycles. The second-order valence-electron chi connectivity index (χ2n) is 4.32. The van der Waals surface area contributed by atoms with Gasteiger partial charge in [-0.15, -0.1) is 0 Å². The average molecular weight is 289 g/mol. The monoisotopic (exact) mass is 289 g/mol. The van der Waals surface area contributed by atoms with Crippen molar-refractivity contribution in [1.82, 2.24) is 14.5 Å². The number of H-pyrrole nitrogens is 1. The van der Waals surface area contributed by atoms with E-state index in [0.717, 1.165) is 6.20 Å². The van der Waals surface area contributed by atoms with Crippen LogP contribution in [0, 0.1) is 0 Å². The van der Waals surface area contributed by atoms with Gasteiger partial charge >= 0.3 is 5.97 Å². The number of aromatic nitrogens is 2. The Morgan fingerprint density at radius 1 is 1.63 bits per heavy atom. The molecule has 0 saturated carbocycles. The normalized spacial score (nSPS) is 22.1. The van der Waals surface area contributed by atoms with Crippen LogP contribution in [0.2, 0.25) is 0 Å². The summed E-state index contributed by atoms with van der Waals surface area (Å²) in [6.45, 7) is 2.76. The molecule has 1 aromatic rings. The van der Waals surface area contributed by atoms with E-state index in [-0.39, 0.29) is 23.2 Å². The van der Waals surface area contributed by atoms with Crippen molar-refractivity contribution >= 4 is 16.0 Å². The number of carbonyl (C=O) groups is 1. The average Bonchev–Trinajstić information content (AvgIpc) is 2.73. The highest BCUT2D eigenvalue weighted by Gasteiger charge is 2.32. The molecule has 1 saturated heterocycles. The van der Waals surface area contributed by atoms with Gasteiger partial charge in [0.1, 0.15) is 5.56 Å². The van der Waals surface area contributed by atoms with E-state index in [1.807, 2.05) is 0 Å². The zero-order chi connectivity index (χ0) is 14.0. The highest BCUT2D eigenvalue weighted by Crippen LogP contribution is 2.20. The molecular weight excluding hydrogens is 274 g/mol. The predicted molar refractivity (Wildman–Crippen MR) is 64.3 cm³/mol. The van der Waals surface area contributed by atoms with E-state index in [1.165, 1.54) is 4.31 Å². The van der Waals surface area contributed by atoms with Crippen LogP contribution >= 0.6 is 0 Å². The number of aromatic amines is 1. The van der Waals surface area contributed by atoms with E-state index in [1.54, 1.807) is 6.92 Å². The molecule has 0 amide bonds. The van der Waals surface area contributed by atoms with Crippen molar-refractivity contribution in [3.63, 3.8) is 0 Å². The van der Waals surface area contributed by atoms with Crippen LogP contribution in [0.15, 0.2) is 11.2 Å². The molecular formula is C10H15N3O5S. The van der Waals surface area contributed by atoms with Gasteiger partial charge in [0.15, 0.2) is 5.03 Å². The van der Waals surface area contributed by atoms with Crippen molar-refractivity contribution in [3.8, 4) is 0 Å². The summed E-state index contributed by atoms with van der Waals surface area (Å²) < 4.78 is 31.4. The second-order valence-corrected chi connectivity index (χ2v) is 6.19. The number of aromatic carboxylic acids is 1. The fraction of sp³-hybridized carbons (Fsp3) is 0.600. The number of carboxylic acid groups (broad SMARTS) is 1. The van der Waals surface area contributed by atoms with Crippen LogP contribution in [0.4, 0.5) is 0 Å². The van der Waals surface area contributed by atoms with Gasteiger partial charge in [-0.1, -0.05) is 0 Å². The van der Waals surface area contributed by atoms with Gasteiger partial charge in [-0.2, -0.15) is 9.40 Å². The number of rotatable bonds is 3. The number of nitrogens with one attached hydrogen (secondary N) is 1. The molecule has 0 aromatic carbocycles. The lowest BCUT2D eigenvalue weighted by molar-refractivity contribution is 0.0692. The Morgan fingerprint density at radius 2 is 2.37 bits per heavy atom. The maximum absolute atomic E-state index is 12.4. The molecule has 9 heteroatoms.